The molecule has 0 radical (unpaired) electrons. The molecule has 0 unspecified atom stereocenters. The van der Waals surface area contributed by atoms with Gasteiger partial charge in [0.1, 0.15) is 5.56 Å². The van der Waals surface area contributed by atoms with Crippen LogP contribution in [0.2, 0.25) is 0 Å². The van der Waals surface area contributed by atoms with Gasteiger partial charge < -0.3 is 5.32 Å². The molecule has 1 N–H and O–H groups in total. The van der Waals surface area contributed by atoms with Crippen molar-refractivity contribution in [1.29, 1.82) is 0 Å². The summed E-state index contributed by atoms with van der Waals surface area (Å²) in [7, 11) is 0. The molecule has 10 nitrogen and oxygen atoms in total. The van der Waals surface area contributed by atoms with Crippen LogP contribution < -0.4 is 5.32 Å². The summed E-state index contributed by atoms with van der Waals surface area (Å²) in [6.45, 7) is 3.49. The Labute approximate surface area is 136 Å². The number of nitro groups is 2. The van der Waals surface area contributed by atoms with Crippen LogP contribution in [0, 0.1) is 34.1 Å². The molecular weight excluding hydrogens is 318 g/mol. The van der Waals surface area contributed by atoms with E-state index < -0.39 is 27.1 Å². The highest BCUT2D eigenvalue weighted by molar-refractivity contribution is 5.91. The van der Waals surface area contributed by atoms with E-state index >= 15 is 0 Å². The lowest BCUT2D eigenvalue weighted by atomic mass is 10.1. The van der Waals surface area contributed by atoms with E-state index in [0.29, 0.717) is 6.54 Å². The van der Waals surface area contributed by atoms with Gasteiger partial charge in [-0.25, -0.2) is 0 Å². The molecule has 0 saturated carbocycles. The number of aryl methyl sites for hydroxylation is 2. The monoisotopic (exact) mass is 333 g/mol. The number of anilines is 1. The maximum Gasteiger partial charge on any atom is 0.281 e. The van der Waals surface area contributed by atoms with Gasteiger partial charge >= 0.3 is 0 Å². The van der Waals surface area contributed by atoms with E-state index in [1.165, 1.54) is 6.92 Å². The van der Waals surface area contributed by atoms with Crippen molar-refractivity contribution in [3.05, 3.63) is 55.9 Å². The van der Waals surface area contributed by atoms with Crippen LogP contribution in [0.15, 0.2) is 24.5 Å². The Bertz CT molecular complexity index is 779. The van der Waals surface area contributed by atoms with Crippen molar-refractivity contribution < 1.29 is 14.6 Å². The van der Waals surface area contributed by atoms with Crippen molar-refractivity contribution >= 4 is 23.0 Å². The Balaban J connectivity index is 2.14. The minimum absolute atomic E-state index is 0.0145. The van der Waals surface area contributed by atoms with E-state index in [9.17, 15) is 25.0 Å². The maximum atomic E-state index is 11.9. The molecule has 10 heteroatoms. The first-order chi connectivity index (χ1) is 11.3. The van der Waals surface area contributed by atoms with Crippen LogP contribution in [0.3, 0.4) is 0 Å². The van der Waals surface area contributed by atoms with Crippen molar-refractivity contribution in [2.24, 2.45) is 0 Å². The number of carbonyl (C=O) groups excluding carboxylic acids is 1. The van der Waals surface area contributed by atoms with E-state index in [-0.39, 0.29) is 17.7 Å². The number of amides is 1. The number of rotatable bonds is 6. The first-order valence-corrected chi connectivity index (χ1v) is 7.00. The Morgan fingerprint density at radius 3 is 2.25 bits per heavy atom. The van der Waals surface area contributed by atoms with E-state index in [4.69, 9.17) is 0 Å². The Kier molecular flexibility index (Phi) is 4.87. The Morgan fingerprint density at radius 1 is 1.21 bits per heavy atom. The molecule has 0 atom stereocenters. The molecular formula is C14H15N5O5. The summed E-state index contributed by atoms with van der Waals surface area (Å²) in [6.07, 6.45) is 3.51. The molecule has 24 heavy (non-hydrogen) atoms. The third-order valence-corrected chi connectivity index (χ3v) is 3.36. The average Bonchev–Trinajstić information content (AvgIpc) is 2.92. The van der Waals surface area contributed by atoms with Crippen LogP contribution in [-0.4, -0.2) is 25.5 Å². The number of benzene rings is 1. The van der Waals surface area contributed by atoms with Crippen molar-refractivity contribution in [2.45, 2.75) is 26.8 Å². The highest BCUT2D eigenvalue weighted by Gasteiger charge is 2.23. The largest absolute Gasteiger partial charge is 0.326 e. The topological polar surface area (TPSA) is 133 Å². The predicted molar refractivity (Wildman–Crippen MR) is 84.7 cm³/mol. The number of hydrogen-bond donors (Lipinski definition) is 1. The van der Waals surface area contributed by atoms with E-state index in [1.54, 1.807) is 17.1 Å². The Hall–Kier alpha value is -3.30. The van der Waals surface area contributed by atoms with Gasteiger partial charge in [-0.3, -0.25) is 29.7 Å². The zero-order valence-electron chi connectivity index (χ0n) is 13.1. The van der Waals surface area contributed by atoms with Crippen LogP contribution in [0.4, 0.5) is 17.1 Å². The zero-order chi connectivity index (χ0) is 17.9. The standard InChI is InChI=1S/C14H15N5O5/c1-9-7-15-17(8-9)4-3-14(20)16-11-5-12(18(21)22)10(2)13(6-11)19(23)24/h5-8H,3-4H2,1-2H3,(H,16,20). The maximum absolute atomic E-state index is 11.9. The molecule has 0 aliphatic heterocycles. The molecule has 0 aliphatic rings. The fourth-order valence-electron chi connectivity index (χ4n) is 2.16. The third kappa shape index (κ3) is 3.91. The summed E-state index contributed by atoms with van der Waals surface area (Å²) in [4.78, 5) is 32.5. The highest BCUT2D eigenvalue weighted by Crippen LogP contribution is 2.31. The summed E-state index contributed by atoms with van der Waals surface area (Å²) in [5.41, 5.74) is 0.0836. The summed E-state index contributed by atoms with van der Waals surface area (Å²) in [5, 5.41) is 28.5. The zero-order valence-corrected chi connectivity index (χ0v) is 13.1. The fraction of sp³-hybridized carbons (Fsp3) is 0.286. The minimum atomic E-state index is -0.718. The fourth-order valence-corrected chi connectivity index (χ4v) is 2.16. The van der Waals surface area contributed by atoms with Crippen LogP contribution in [-0.2, 0) is 11.3 Å². The number of nitro benzene ring substituents is 2. The van der Waals surface area contributed by atoms with Crippen molar-refractivity contribution in [1.82, 2.24) is 9.78 Å². The summed E-state index contributed by atoms with van der Waals surface area (Å²) < 4.78 is 1.59. The number of carbonyl (C=O) groups is 1. The summed E-state index contributed by atoms with van der Waals surface area (Å²) >= 11 is 0. The van der Waals surface area contributed by atoms with Crippen LogP contribution in [0.1, 0.15) is 17.5 Å². The second-order valence-corrected chi connectivity index (χ2v) is 5.23. The quantitative estimate of drug-likeness (QED) is 0.637. The summed E-state index contributed by atoms with van der Waals surface area (Å²) in [6, 6.07) is 2.22. The third-order valence-electron chi connectivity index (χ3n) is 3.36. The Morgan fingerprint density at radius 2 is 1.79 bits per heavy atom. The van der Waals surface area contributed by atoms with Gasteiger partial charge in [0.15, 0.2) is 0 Å². The molecule has 2 aromatic rings. The average molecular weight is 333 g/mol. The van der Waals surface area contributed by atoms with Gasteiger partial charge in [0, 0.05) is 31.3 Å². The van der Waals surface area contributed by atoms with Gasteiger partial charge in [-0.15, -0.1) is 0 Å². The molecule has 1 heterocycles. The lowest BCUT2D eigenvalue weighted by Gasteiger charge is -2.07. The van der Waals surface area contributed by atoms with E-state index in [2.05, 4.69) is 10.4 Å². The van der Waals surface area contributed by atoms with Gasteiger partial charge in [0.2, 0.25) is 5.91 Å². The first-order valence-electron chi connectivity index (χ1n) is 7.00. The molecule has 2 rings (SSSR count). The summed E-state index contributed by atoms with van der Waals surface area (Å²) in [5.74, 6) is -0.421. The molecule has 1 amide bonds. The molecule has 1 aromatic heterocycles. The van der Waals surface area contributed by atoms with Crippen molar-refractivity contribution in [2.75, 3.05) is 5.32 Å². The molecule has 1 aromatic carbocycles. The van der Waals surface area contributed by atoms with Crippen LogP contribution >= 0.6 is 0 Å². The second kappa shape index (κ2) is 6.86. The van der Waals surface area contributed by atoms with Crippen LogP contribution in [0.25, 0.3) is 0 Å². The lowest BCUT2D eigenvalue weighted by molar-refractivity contribution is -0.395. The first kappa shape index (κ1) is 17.1. The number of nitrogens with zero attached hydrogens (tertiary/aromatic N) is 4. The van der Waals surface area contributed by atoms with Gasteiger partial charge in [0.25, 0.3) is 11.4 Å². The normalized spacial score (nSPS) is 10.4. The SMILES string of the molecule is Cc1cnn(CCC(=O)Nc2cc([N+](=O)[O-])c(C)c([N+](=O)[O-])c2)c1. The molecule has 0 saturated heterocycles. The minimum Gasteiger partial charge on any atom is -0.326 e. The molecule has 0 fully saturated rings. The number of aromatic nitrogens is 2. The molecule has 0 bridgehead atoms. The van der Waals surface area contributed by atoms with Crippen molar-refractivity contribution in [3.8, 4) is 0 Å². The van der Waals surface area contributed by atoms with Gasteiger partial charge in [0.05, 0.1) is 21.7 Å². The predicted octanol–water partition coefficient (Wildman–Crippen LogP) is 2.35. The number of nitrogens with one attached hydrogen (secondary N) is 1. The molecule has 0 spiro atoms. The van der Waals surface area contributed by atoms with Gasteiger partial charge in [-0.05, 0) is 19.4 Å². The number of hydrogen-bond acceptors (Lipinski definition) is 6. The van der Waals surface area contributed by atoms with Gasteiger partial charge in [-0.2, -0.15) is 5.10 Å². The van der Waals surface area contributed by atoms with Crippen LogP contribution in [0.5, 0.6) is 0 Å². The van der Waals surface area contributed by atoms with E-state index in [0.717, 1.165) is 17.7 Å². The van der Waals surface area contributed by atoms with Crippen molar-refractivity contribution in [3.63, 3.8) is 0 Å². The van der Waals surface area contributed by atoms with E-state index in [1.807, 2.05) is 6.92 Å². The smallest absolute Gasteiger partial charge is 0.281 e. The second-order valence-electron chi connectivity index (χ2n) is 5.23. The lowest BCUT2D eigenvalue weighted by Crippen LogP contribution is -2.15. The van der Waals surface area contributed by atoms with Gasteiger partial charge in [-0.1, -0.05) is 0 Å². The molecule has 126 valence electrons. The highest BCUT2D eigenvalue weighted by atomic mass is 16.6. The molecule has 0 aliphatic carbocycles.